The first-order valence-corrected chi connectivity index (χ1v) is 5.54. The molecule has 0 bridgehead atoms. The second kappa shape index (κ2) is 4.08. The van der Waals surface area contributed by atoms with E-state index >= 15 is 0 Å². The Kier molecular flexibility index (Phi) is 2.51. The van der Waals surface area contributed by atoms with Gasteiger partial charge in [-0.25, -0.2) is 0 Å². The predicted octanol–water partition coefficient (Wildman–Crippen LogP) is 1.17. The summed E-state index contributed by atoms with van der Waals surface area (Å²) < 4.78 is 5.47. The Morgan fingerprint density at radius 3 is 2.53 bits per heavy atom. The molecule has 3 rings (SSSR count). The molecule has 1 heterocycles. The largest absolute Gasteiger partial charge is 0.495 e. The van der Waals surface area contributed by atoms with Gasteiger partial charge in [0.15, 0.2) is 0 Å². The third kappa shape index (κ3) is 1.67. The van der Waals surface area contributed by atoms with Crippen molar-refractivity contribution in [3.8, 4) is 0 Å². The summed E-state index contributed by atoms with van der Waals surface area (Å²) in [6.07, 6.45) is 0. The maximum absolute atomic E-state index is 11.1. The van der Waals surface area contributed by atoms with Crippen LogP contribution >= 0.6 is 0 Å². The van der Waals surface area contributed by atoms with Crippen molar-refractivity contribution in [2.45, 2.75) is 0 Å². The first kappa shape index (κ1) is 11.7. The molecule has 19 heavy (non-hydrogen) atoms. The summed E-state index contributed by atoms with van der Waals surface area (Å²) in [5.74, 6) is 0. The number of benzene rings is 2. The van der Waals surface area contributed by atoms with Gasteiger partial charge in [0.25, 0.3) is 0 Å². The molecule has 0 radical (unpaired) electrons. The maximum atomic E-state index is 11.1. The van der Waals surface area contributed by atoms with E-state index in [1.807, 2.05) is 0 Å². The van der Waals surface area contributed by atoms with Crippen LogP contribution in [0.3, 0.4) is 0 Å². The van der Waals surface area contributed by atoms with Crippen LogP contribution in [0.1, 0.15) is 0 Å². The number of fused-ring (bicyclic) bond motifs is 3. The molecule has 0 saturated carbocycles. The van der Waals surface area contributed by atoms with E-state index in [1.54, 1.807) is 30.3 Å². The minimum Gasteiger partial charge on any atom is -0.449 e. The fraction of sp³-hybridized carbons (Fsp3) is 0. The van der Waals surface area contributed by atoms with Gasteiger partial charge in [-0.1, -0.05) is 30.3 Å². The van der Waals surface area contributed by atoms with Crippen LogP contribution in [0.25, 0.3) is 21.9 Å². The molecule has 7 heteroatoms. The minimum atomic E-state index is -1.92. The standard InChI is InChI=1S/C12H8BNO5/c15-13(16)9-6-5-8-7-3-1-2-4-10(7)19-12(8)11(9)14(17)18/h1-6,15-16H. The van der Waals surface area contributed by atoms with Gasteiger partial charge in [0, 0.05) is 10.8 Å². The lowest BCUT2D eigenvalue weighted by Crippen LogP contribution is -2.31. The number of para-hydroxylation sites is 1. The number of hydrogen-bond acceptors (Lipinski definition) is 5. The lowest BCUT2D eigenvalue weighted by molar-refractivity contribution is -0.382. The van der Waals surface area contributed by atoms with Crippen molar-refractivity contribution >= 4 is 40.2 Å². The molecule has 1 aromatic heterocycles. The van der Waals surface area contributed by atoms with Crippen molar-refractivity contribution in [3.05, 3.63) is 46.5 Å². The zero-order chi connectivity index (χ0) is 13.6. The molecule has 0 fully saturated rings. The highest BCUT2D eigenvalue weighted by Crippen LogP contribution is 2.33. The quantitative estimate of drug-likeness (QED) is 0.408. The van der Waals surface area contributed by atoms with Crippen LogP contribution in [0.5, 0.6) is 0 Å². The third-order valence-electron chi connectivity index (χ3n) is 3.01. The number of nitro benzene ring substituents is 1. The van der Waals surface area contributed by atoms with Gasteiger partial charge in [-0.15, -0.1) is 0 Å². The molecule has 0 unspecified atom stereocenters. The van der Waals surface area contributed by atoms with E-state index in [4.69, 9.17) is 4.42 Å². The first-order chi connectivity index (χ1) is 9.09. The van der Waals surface area contributed by atoms with Crippen molar-refractivity contribution in [2.24, 2.45) is 0 Å². The molecule has 0 atom stereocenters. The van der Waals surface area contributed by atoms with E-state index in [0.717, 1.165) is 5.39 Å². The van der Waals surface area contributed by atoms with Crippen molar-refractivity contribution < 1.29 is 19.4 Å². The highest BCUT2D eigenvalue weighted by molar-refractivity contribution is 6.60. The molecule has 0 aliphatic heterocycles. The normalized spacial score (nSPS) is 11.1. The number of rotatable bonds is 2. The fourth-order valence-electron chi connectivity index (χ4n) is 2.19. The Labute approximate surface area is 107 Å². The third-order valence-corrected chi connectivity index (χ3v) is 3.01. The average molecular weight is 257 g/mol. The molecule has 6 nitrogen and oxygen atoms in total. The summed E-state index contributed by atoms with van der Waals surface area (Å²) in [6, 6.07) is 9.97. The molecule has 2 aromatic carbocycles. The molecular weight excluding hydrogens is 249 g/mol. The Hall–Kier alpha value is -2.38. The van der Waals surface area contributed by atoms with Gasteiger partial charge in [0.05, 0.1) is 10.4 Å². The molecule has 0 aliphatic rings. The van der Waals surface area contributed by atoms with Crippen molar-refractivity contribution in [3.63, 3.8) is 0 Å². The van der Waals surface area contributed by atoms with Crippen LogP contribution in [0.15, 0.2) is 40.8 Å². The zero-order valence-corrected chi connectivity index (χ0v) is 9.61. The number of hydrogen-bond donors (Lipinski definition) is 2. The van der Waals surface area contributed by atoms with Gasteiger partial charge in [0.1, 0.15) is 5.58 Å². The predicted molar refractivity (Wildman–Crippen MR) is 70.2 cm³/mol. The topological polar surface area (TPSA) is 96.7 Å². The van der Waals surface area contributed by atoms with E-state index in [2.05, 4.69) is 0 Å². The van der Waals surface area contributed by atoms with Gasteiger partial charge in [-0.05, 0) is 6.07 Å². The molecule has 3 aromatic rings. The first-order valence-electron chi connectivity index (χ1n) is 5.54. The van der Waals surface area contributed by atoms with Crippen LogP contribution in [0.4, 0.5) is 5.69 Å². The monoisotopic (exact) mass is 257 g/mol. The summed E-state index contributed by atoms with van der Waals surface area (Å²) in [5.41, 5.74) is -0.0257. The lowest BCUT2D eigenvalue weighted by Gasteiger charge is -2.01. The molecule has 0 amide bonds. The Morgan fingerprint density at radius 2 is 1.84 bits per heavy atom. The summed E-state index contributed by atoms with van der Waals surface area (Å²) in [4.78, 5) is 10.5. The summed E-state index contributed by atoms with van der Waals surface area (Å²) in [6.45, 7) is 0. The van der Waals surface area contributed by atoms with E-state index in [-0.39, 0.29) is 11.0 Å². The van der Waals surface area contributed by atoms with Crippen molar-refractivity contribution in [1.29, 1.82) is 0 Å². The average Bonchev–Trinajstić information content (AvgIpc) is 2.75. The van der Waals surface area contributed by atoms with Gasteiger partial charge in [-0.3, -0.25) is 10.1 Å². The van der Waals surface area contributed by atoms with E-state index < -0.39 is 17.7 Å². The zero-order valence-electron chi connectivity index (χ0n) is 9.61. The SMILES string of the molecule is O=[N+]([O-])c1c(B(O)O)ccc2c1oc1ccccc12. The van der Waals surface area contributed by atoms with Gasteiger partial charge in [0.2, 0.25) is 5.58 Å². The number of nitrogens with zero attached hydrogens (tertiary/aromatic N) is 1. The Morgan fingerprint density at radius 1 is 1.11 bits per heavy atom. The van der Waals surface area contributed by atoms with Crippen LogP contribution in [0.2, 0.25) is 0 Å². The second-order valence-corrected chi connectivity index (χ2v) is 4.11. The molecule has 2 N–H and O–H groups in total. The lowest BCUT2D eigenvalue weighted by atomic mass is 9.78. The fourth-order valence-corrected chi connectivity index (χ4v) is 2.19. The van der Waals surface area contributed by atoms with Crippen LogP contribution in [-0.4, -0.2) is 22.1 Å². The van der Waals surface area contributed by atoms with E-state index in [9.17, 15) is 20.2 Å². The Bertz CT molecular complexity index is 795. The summed E-state index contributed by atoms with van der Waals surface area (Å²) in [5, 5.41) is 30.9. The molecule has 0 spiro atoms. The van der Waals surface area contributed by atoms with Crippen LogP contribution in [0, 0.1) is 10.1 Å². The smallest absolute Gasteiger partial charge is 0.449 e. The summed E-state index contributed by atoms with van der Waals surface area (Å²) >= 11 is 0. The van der Waals surface area contributed by atoms with Gasteiger partial charge in [-0.2, -0.15) is 0 Å². The minimum absolute atomic E-state index is 0.0526. The molecule has 0 saturated heterocycles. The molecule has 0 aliphatic carbocycles. The maximum Gasteiger partial charge on any atom is 0.495 e. The highest BCUT2D eigenvalue weighted by atomic mass is 16.6. The van der Waals surface area contributed by atoms with Crippen molar-refractivity contribution in [1.82, 2.24) is 0 Å². The summed E-state index contributed by atoms with van der Waals surface area (Å²) in [7, 11) is -1.92. The second-order valence-electron chi connectivity index (χ2n) is 4.11. The highest BCUT2D eigenvalue weighted by Gasteiger charge is 2.29. The Balaban J connectivity index is 2.49. The van der Waals surface area contributed by atoms with E-state index in [1.165, 1.54) is 6.07 Å². The van der Waals surface area contributed by atoms with Crippen LogP contribution in [-0.2, 0) is 0 Å². The molecule has 94 valence electrons. The van der Waals surface area contributed by atoms with Gasteiger partial charge < -0.3 is 14.5 Å². The molecular formula is C12H8BNO5. The number of nitro groups is 1. The van der Waals surface area contributed by atoms with Gasteiger partial charge >= 0.3 is 12.8 Å². The van der Waals surface area contributed by atoms with E-state index in [0.29, 0.717) is 11.0 Å². The number of furan rings is 1. The van der Waals surface area contributed by atoms with Crippen molar-refractivity contribution in [2.75, 3.05) is 0 Å². The van der Waals surface area contributed by atoms with Crippen LogP contribution < -0.4 is 5.46 Å².